The van der Waals surface area contributed by atoms with Gasteiger partial charge in [-0.05, 0) is 31.5 Å². The Balaban J connectivity index is 2.04. The highest BCUT2D eigenvalue weighted by Crippen LogP contribution is 2.15. The molecule has 16 heavy (non-hydrogen) atoms. The standard InChI is InChI=1S/C15H17N/c1-2-12-16-13-6-9-15(16)11-10-14-7-4-3-5-8-14/h2-5,7-8,15H,1,6,9,12-13H2. The molecule has 0 N–H and O–H groups in total. The van der Waals surface area contributed by atoms with Gasteiger partial charge in [-0.3, -0.25) is 4.90 Å². The van der Waals surface area contributed by atoms with Crippen LogP contribution in [0.25, 0.3) is 0 Å². The minimum absolute atomic E-state index is 0.415. The summed E-state index contributed by atoms with van der Waals surface area (Å²) >= 11 is 0. The summed E-state index contributed by atoms with van der Waals surface area (Å²) in [4.78, 5) is 2.39. The summed E-state index contributed by atoms with van der Waals surface area (Å²) in [7, 11) is 0. The van der Waals surface area contributed by atoms with Crippen molar-refractivity contribution in [1.82, 2.24) is 4.90 Å². The van der Waals surface area contributed by atoms with Crippen molar-refractivity contribution >= 4 is 0 Å². The van der Waals surface area contributed by atoms with Crippen LogP contribution in [0.3, 0.4) is 0 Å². The van der Waals surface area contributed by atoms with Crippen molar-refractivity contribution in [2.45, 2.75) is 18.9 Å². The van der Waals surface area contributed by atoms with Crippen LogP contribution in [0.5, 0.6) is 0 Å². The van der Waals surface area contributed by atoms with Crippen LogP contribution in [0, 0.1) is 11.8 Å². The first-order valence-corrected chi connectivity index (χ1v) is 5.81. The number of nitrogens with zero attached hydrogens (tertiary/aromatic N) is 1. The van der Waals surface area contributed by atoms with Crippen molar-refractivity contribution in [1.29, 1.82) is 0 Å². The molecule has 1 heteroatoms. The van der Waals surface area contributed by atoms with Gasteiger partial charge in [0.1, 0.15) is 0 Å². The molecule has 0 bridgehead atoms. The third kappa shape index (κ3) is 2.74. The highest BCUT2D eigenvalue weighted by Gasteiger charge is 2.20. The first kappa shape index (κ1) is 11.0. The lowest BCUT2D eigenvalue weighted by molar-refractivity contribution is 0.330. The molecule has 1 aromatic rings. The molecular formula is C15H17N. The number of likely N-dealkylation sites (tertiary alicyclic amines) is 1. The smallest absolute Gasteiger partial charge is 0.0721 e. The fourth-order valence-corrected chi connectivity index (χ4v) is 2.06. The van der Waals surface area contributed by atoms with E-state index in [-0.39, 0.29) is 0 Å². The molecule has 1 aliphatic heterocycles. The molecule has 1 aromatic carbocycles. The average Bonchev–Trinajstić information content (AvgIpc) is 2.76. The van der Waals surface area contributed by atoms with Crippen molar-refractivity contribution in [2.24, 2.45) is 0 Å². The van der Waals surface area contributed by atoms with Crippen LogP contribution in [-0.2, 0) is 0 Å². The van der Waals surface area contributed by atoms with Gasteiger partial charge in [0, 0.05) is 12.1 Å². The largest absolute Gasteiger partial charge is 0.286 e. The van der Waals surface area contributed by atoms with E-state index in [1.54, 1.807) is 0 Å². The first-order chi connectivity index (χ1) is 7.90. The molecule has 0 aliphatic carbocycles. The Kier molecular flexibility index (Phi) is 3.80. The molecule has 0 saturated carbocycles. The fourth-order valence-electron chi connectivity index (χ4n) is 2.06. The summed E-state index contributed by atoms with van der Waals surface area (Å²) in [5.41, 5.74) is 1.10. The van der Waals surface area contributed by atoms with Crippen LogP contribution in [0.15, 0.2) is 43.0 Å². The number of rotatable bonds is 2. The Morgan fingerprint density at radius 2 is 2.19 bits per heavy atom. The second-order valence-electron chi connectivity index (χ2n) is 4.08. The Morgan fingerprint density at radius 3 is 2.94 bits per heavy atom. The van der Waals surface area contributed by atoms with E-state index in [0.717, 1.165) is 18.7 Å². The van der Waals surface area contributed by atoms with Gasteiger partial charge in [-0.15, -0.1) is 6.58 Å². The molecule has 0 spiro atoms. The molecule has 82 valence electrons. The van der Waals surface area contributed by atoms with Crippen LogP contribution in [0.1, 0.15) is 18.4 Å². The van der Waals surface area contributed by atoms with Crippen molar-refractivity contribution < 1.29 is 0 Å². The Hall–Kier alpha value is -1.52. The highest BCUT2D eigenvalue weighted by molar-refractivity contribution is 5.35. The SMILES string of the molecule is C=CCN1CCCC1C#Cc1ccccc1. The van der Waals surface area contributed by atoms with Crippen molar-refractivity contribution in [3.8, 4) is 11.8 Å². The van der Waals surface area contributed by atoms with Gasteiger partial charge < -0.3 is 0 Å². The van der Waals surface area contributed by atoms with E-state index in [0.29, 0.717) is 6.04 Å². The minimum atomic E-state index is 0.415. The molecular weight excluding hydrogens is 194 g/mol. The molecule has 1 heterocycles. The van der Waals surface area contributed by atoms with Crippen molar-refractivity contribution in [2.75, 3.05) is 13.1 Å². The molecule has 0 amide bonds. The summed E-state index contributed by atoms with van der Waals surface area (Å²) in [6.45, 7) is 5.89. The number of hydrogen-bond acceptors (Lipinski definition) is 1. The highest BCUT2D eigenvalue weighted by atomic mass is 15.2. The summed E-state index contributed by atoms with van der Waals surface area (Å²) in [6, 6.07) is 10.6. The second kappa shape index (κ2) is 5.53. The molecule has 1 saturated heterocycles. The van der Waals surface area contributed by atoms with Gasteiger partial charge in [-0.2, -0.15) is 0 Å². The fraction of sp³-hybridized carbons (Fsp3) is 0.333. The van der Waals surface area contributed by atoms with Crippen LogP contribution in [-0.4, -0.2) is 24.0 Å². The van der Waals surface area contributed by atoms with Crippen LogP contribution in [0.4, 0.5) is 0 Å². The van der Waals surface area contributed by atoms with Gasteiger partial charge in [-0.25, -0.2) is 0 Å². The lowest BCUT2D eigenvalue weighted by Gasteiger charge is -2.17. The van der Waals surface area contributed by atoms with E-state index in [2.05, 4.69) is 35.5 Å². The van der Waals surface area contributed by atoms with E-state index in [1.807, 2.05) is 24.3 Å². The van der Waals surface area contributed by atoms with Gasteiger partial charge in [0.25, 0.3) is 0 Å². The zero-order valence-electron chi connectivity index (χ0n) is 9.52. The lowest BCUT2D eigenvalue weighted by Crippen LogP contribution is -2.28. The topological polar surface area (TPSA) is 3.24 Å². The first-order valence-electron chi connectivity index (χ1n) is 5.81. The zero-order valence-corrected chi connectivity index (χ0v) is 9.52. The van der Waals surface area contributed by atoms with Gasteiger partial charge >= 0.3 is 0 Å². The predicted octanol–water partition coefficient (Wildman–Crippen LogP) is 2.69. The summed E-state index contributed by atoms with van der Waals surface area (Å²) in [5.74, 6) is 6.61. The maximum atomic E-state index is 3.79. The minimum Gasteiger partial charge on any atom is -0.286 e. The second-order valence-corrected chi connectivity index (χ2v) is 4.08. The molecule has 0 aromatic heterocycles. The van der Waals surface area contributed by atoms with Gasteiger partial charge in [0.15, 0.2) is 0 Å². The number of hydrogen-bond donors (Lipinski definition) is 0. The third-order valence-electron chi connectivity index (χ3n) is 2.88. The molecule has 0 radical (unpaired) electrons. The molecule has 1 unspecified atom stereocenters. The van der Waals surface area contributed by atoms with E-state index in [9.17, 15) is 0 Å². The summed E-state index contributed by atoms with van der Waals surface area (Å²) < 4.78 is 0. The molecule has 1 atom stereocenters. The van der Waals surface area contributed by atoms with Gasteiger partial charge in [-0.1, -0.05) is 36.1 Å². The van der Waals surface area contributed by atoms with Crippen LogP contribution < -0.4 is 0 Å². The zero-order chi connectivity index (χ0) is 11.2. The summed E-state index contributed by atoms with van der Waals surface area (Å²) in [5, 5.41) is 0. The van der Waals surface area contributed by atoms with Gasteiger partial charge in [0.2, 0.25) is 0 Å². The van der Waals surface area contributed by atoms with Crippen molar-refractivity contribution in [3.05, 3.63) is 48.6 Å². The van der Waals surface area contributed by atoms with E-state index in [1.165, 1.54) is 12.8 Å². The van der Waals surface area contributed by atoms with Crippen LogP contribution in [0.2, 0.25) is 0 Å². The van der Waals surface area contributed by atoms with Crippen LogP contribution >= 0.6 is 0 Å². The normalized spacial score (nSPS) is 20.1. The molecule has 2 rings (SSSR count). The Morgan fingerprint density at radius 1 is 1.38 bits per heavy atom. The van der Waals surface area contributed by atoms with E-state index < -0.39 is 0 Å². The Labute approximate surface area is 97.8 Å². The monoisotopic (exact) mass is 211 g/mol. The van der Waals surface area contributed by atoms with Crippen molar-refractivity contribution in [3.63, 3.8) is 0 Å². The van der Waals surface area contributed by atoms with E-state index >= 15 is 0 Å². The number of benzene rings is 1. The maximum absolute atomic E-state index is 3.79. The molecule has 1 nitrogen and oxygen atoms in total. The predicted molar refractivity (Wildman–Crippen MR) is 68.1 cm³/mol. The maximum Gasteiger partial charge on any atom is 0.0721 e. The third-order valence-corrected chi connectivity index (χ3v) is 2.88. The molecule has 1 fully saturated rings. The van der Waals surface area contributed by atoms with E-state index in [4.69, 9.17) is 0 Å². The summed E-state index contributed by atoms with van der Waals surface area (Å²) in [6.07, 6.45) is 4.40. The van der Waals surface area contributed by atoms with Gasteiger partial charge in [0.05, 0.1) is 6.04 Å². The quantitative estimate of drug-likeness (QED) is 0.537. The lowest BCUT2D eigenvalue weighted by atomic mass is 10.2. The average molecular weight is 211 g/mol. The Bertz CT molecular complexity index is 396. The molecule has 1 aliphatic rings.